The lowest BCUT2D eigenvalue weighted by atomic mass is 10.1. The topological polar surface area (TPSA) is 42.1 Å². The first-order chi connectivity index (χ1) is 6.33. The maximum Gasteiger partial charge on any atom is 0.0795 e. The van der Waals surface area contributed by atoms with E-state index in [-0.39, 0.29) is 6.04 Å². The summed E-state index contributed by atoms with van der Waals surface area (Å²) in [5.41, 5.74) is 9.09. The fraction of sp³-hybridized carbons (Fsp3) is 0.667. The smallest absolute Gasteiger partial charge is 0.0795 e. The molecule has 2 rings (SSSR count). The fourth-order valence-corrected chi connectivity index (χ4v) is 2.59. The lowest BCUT2D eigenvalue weighted by molar-refractivity contribution is 0.257. The summed E-state index contributed by atoms with van der Waals surface area (Å²) in [6.45, 7) is 4.35. The van der Waals surface area contributed by atoms with Crippen LogP contribution in [0.4, 0.5) is 0 Å². The molecule has 0 spiro atoms. The Balaban J connectivity index is 2.20. The van der Waals surface area contributed by atoms with Crippen molar-refractivity contribution in [2.24, 2.45) is 5.73 Å². The van der Waals surface area contributed by atoms with E-state index in [2.05, 4.69) is 22.2 Å². The molecule has 1 aliphatic rings. The maximum absolute atomic E-state index is 6.06. The largest absolute Gasteiger partial charge is 0.326 e. The van der Waals surface area contributed by atoms with Gasteiger partial charge in [-0.25, -0.2) is 4.98 Å². The van der Waals surface area contributed by atoms with Gasteiger partial charge in [0.15, 0.2) is 0 Å². The van der Waals surface area contributed by atoms with Crippen LogP contribution in [0.25, 0.3) is 0 Å². The first-order valence-electron chi connectivity index (χ1n) is 4.70. The normalized spacial score (nSPS) is 29.7. The maximum atomic E-state index is 6.06. The summed E-state index contributed by atoms with van der Waals surface area (Å²) in [5, 5.41) is 2.11. The predicted molar refractivity (Wildman–Crippen MR) is 54.7 cm³/mol. The molecule has 1 saturated heterocycles. The van der Waals surface area contributed by atoms with Crippen LogP contribution < -0.4 is 5.73 Å². The summed E-state index contributed by atoms with van der Waals surface area (Å²) in [7, 11) is 0. The number of nitrogens with zero attached hydrogens (tertiary/aromatic N) is 2. The van der Waals surface area contributed by atoms with Crippen molar-refractivity contribution in [1.82, 2.24) is 9.88 Å². The van der Waals surface area contributed by atoms with E-state index in [1.807, 2.05) is 5.51 Å². The Bertz CT molecular complexity index is 260. The Morgan fingerprint density at radius 2 is 2.62 bits per heavy atom. The summed E-state index contributed by atoms with van der Waals surface area (Å²) >= 11 is 1.65. The molecule has 0 bridgehead atoms. The molecule has 4 heteroatoms. The summed E-state index contributed by atoms with van der Waals surface area (Å²) in [5.74, 6) is 0. The van der Waals surface area contributed by atoms with Crippen LogP contribution in [0.15, 0.2) is 10.9 Å². The monoisotopic (exact) mass is 197 g/mol. The van der Waals surface area contributed by atoms with Crippen LogP contribution >= 0.6 is 11.3 Å². The van der Waals surface area contributed by atoms with Crippen molar-refractivity contribution >= 4 is 11.3 Å². The first-order valence-corrected chi connectivity index (χ1v) is 5.65. The highest BCUT2D eigenvalue weighted by molar-refractivity contribution is 7.07. The Kier molecular flexibility index (Phi) is 2.62. The number of thiazole rings is 1. The molecule has 2 atom stereocenters. The molecule has 2 unspecified atom stereocenters. The zero-order chi connectivity index (χ0) is 9.26. The van der Waals surface area contributed by atoms with Gasteiger partial charge in [0.2, 0.25) is 0 Å². The second-order valence-electron chi connectivity index (χ2n) is 3.44. The van der Waals surface area contributed by atoms with Gasteiger partial charge in [0.1, 0.15) is 0 Å². The quantitative estimate of drug-likeness (QED) is 0.775. The fourth-order valence-electron chi connectivity index (χ4n) is 2.01. The van der Waals surface area contributed by atoms with Crippen molar-refractivity contribution in [2.75, 3.05) is 13.1 Å². The third-order valence-electron chi connectivity index (χ3n) is 2.71. The standard InChI is InChI=1S/C9H15N3S/c1-2-12-4-3-7(10)9(12)8-5-13-6-11-8/h5-7,9H,2-4,10H2,1H3. The van der Waals surface area contributed by atoms with Crippen LogP contribution in [-0.2, 0) is 0 Å². The van der Waals surface area contributed by atoms with Gasteiger partial charge in [0.25, 0.3) is 0 Å². The van der Waals surface area contributed by atoms with Crippen molar-refractivity contribution < 1.29 is 0 Å². The highest BCUT2D eigenvalue weighted by atomic mass is 32.1. The molecule has 0 aliphatic carbocycles. The lowest BCUT2D eigenvalue weighted by Gasteiger charge is -2.23. The van der Waals surface area contributed by atoms with Gasteiger partial charge in [-0.1, -0.05) is 6.92 Å². The second-order valence-corrected chi connectivity index (χ2v) is 4.16. The summed E-state index contributed by atoms with van der Waals surface area (Å²) in [6.07, 6.45) is 1.09. The van der Waals surface area contributed by atoms with E-state index in [1.54, 1.807) is 11.3 Å². The summed E-state index contributed by atoms with van der Waals surface area (Å²) in [4.78, 5) is 6.75. The van der Waals surface area contributed by atoms with Gasteiger partial charge in [-0.15, -0.1) is 11.3 Å². The van der Waals surface area contributed by atoms with Crippen LogP contribution in [0.5, 0.6) is 0 Å². The zero-order valence-electron chi connectivity index (χ0n) is 7.81. The van der Waals surface area contributed by atoms with E-state index < -0.39 is 0 Å². The molecule has 0 radical (unpaired) electrons. The molecule has 1 aliphatic heterocycles. The highest BCUT2D eigenvalue weighted by Crippen LogP contribution is 2.30. The molecule has 0 saturated carbocycles. The van der Waals surface area contributed by atoms with E-state index >= 15 is 0 Å². The van der Waals surface area contributed by atoms with Gasteiger partial charge in [-0.05, 0) is 13.0 Å². The Hall–Kier alpha value is -0.450. The van der Waals surface area contributed by atoms with E-state index in [9.17, 15) is 0 Å². The van der Waals surface area contributed by atoms with Gasteiger partial charge < -0.3 is 5.73 Å². The minimum atomic E-state index is 0.266. The molecular formula is C9H15N3S. The van der Waals surface area contributed by atoms with Crippen molar-refractivity contribution in [2.45, 2.75) is 25.4 Å². The number of hydrogen-bond donors (Lipinski definition) is 1. The molecule has 2 N–H and O–H groups in total. The number of aromatic nitrogens is 1. The molecule has 3 nitrogen and oxygen atoms in total. The van der Waals surface area contributed by atoms with Crippen LogP contribution in [0.1, 0.15) is 25.1 Å². The van der Waals surface area contributed by atoms with Gasteiger partial charge in [-0.3, -0.25) is 4.90 Å². The Labute approximate surface area is 82.6 Å². The van der Waals surface area contributed by atoms with E-state index in [0.717, 1.165) is 25.2 Å². The van der Waals surface area contributed by atoms with Gasteiger partial charge in [-0.2, -0.15) is 0 Å². The SMILES string of the molecule is CCN1CCC(N)C1c1cscn1. The minimum absolute atomic E-state index is 0.266. The number of likely N-dealkylation sites (tertiary alicyclic amines) is 1. The minimum Gasteiger partial charge on any atom is -0.326 e. The lowest BCUT2D eigenvalue weighted by Crippen LogP contribution is -2.31. The molecule has 1 aromatic rings. The third kappa shape index (κ3) is 1.61. The average molecular weight is 197 g/mol. The molecule has 1 fully saturated rings. The Morgan fingerprint density at radius 3 is 3.23 bits per heavy atom. The molecule has 2 heterocycles. The van der Waals surface area contributed by atoms with Gasteiger partial charge in [0, 0.05) is 18.0 Å². The summed E-state index contributed by atoms with van der Waals surface area (Å²) in [6, 6.07) is 0.623. The molecule has 13 heavy (non-hydrogen) atoms. The molecule has 72 valence electrons. The van der Waals surface area contributed by atoms with E-state index in [0.29, 0.717) is 6.04 Å². The van der Waals surface area contributed by atoms with Crippen molar-refractivity contribution in [3.05, 3.63) is 16.6 Å². The molecular weight excluding hydrogens is 182 g/mol. The van der Waals surface area contributed by atoms with Crippen molar-refractivity contribution in [3.63, 3.8) is 0 Å². The van der Waals surface area contributed by atoms with Crippen LogP contribution in [0.2, 0.25) is 0 Å². The third-order valence-corrected chi connectivity index (χ3v) is 3.31. The molecule has 1 aromatic heterocycles. The van der Waals surface area contributed by atoms with Gasteiger partial charge in [0.05, 0.1) is 17.2 Å². The summed E-state index contributed by atoms with van der Waals surface area (Å²) < 4.78 is 0. The van der Waals surface area contributed by atoms with E-state index in [4.69, 9.17) is 5.73 Å². The van der Waals surface area contributed by atoms with Crippen molar-refractivity contribution in [1.29, 1.82) is 0 Å². The number of likely N-dealkylation sites (N-methyl/N-ethyl adjacent to an activating group) is 1. The molecule has 0 amide bonds. The van der Waals surface area contributed by atoms with Crippen LogP contribution in [-0.4, -0.2) is 29.0 Å². The number of hydrogen-bond acceptors (Lipinski definition) is 4. The first kappa shape index (κ1) is 9.12. The van der Waals surface area contributed by atoms with Gasteiger partial charge >= 0.3 is 0 Å². The highest BCUT2D eigenvalue weighted by Gasteiger charge is 2.32. The van der Waals surface area contributed by atoms with Crippen LogP contribution in [0.3, 0.4) is 0 Å². The average Bonchev–Trinajstić information content (AvgIpc) is 2.72. The van der Waals surface area contributed by atoms with E-state index in [1.165, 1.54) is 0 Å². The van der Waals surface area contributed by atoms with Crippen LogP contribution in [0, 0.1) is 0 Å². The Morgan fingerprint density at radius 1 is 1.77 bits per heavy atom. The number of nitrogens with two attached hydrogens (primary N) is 1. The number of rotatable bonds is 2. The second kappa shape index (κ2) is 3.74. The molecule has 0 aromatic carbocycles. The zero-order valence-corrected chi connectivity index (χ0v) is 8.63. The predicted octanol–water partition coefficient (Wildman–Crippen LogP) is 1.24. The van der Waals surface area contributed by atoms with Crippen molar-refractivity contribution in [3.8, 4) is 0 Å².